The van der Waals surface area contributed by atoms with Crippen LogP contribution >= 0.6 is 11.8 Å². The number of aliphatic hydroxyl groups is 4. The molecule has 0 unspecified atom stereocenters. The minimum absolute atomic E-state index is 0.579. The molecule has 1 aliphatic heterocycles. The van der Waals surface area contributed by atoms with Gasteiger partial charge in [-0.1, -0.05) is 41.6 Å². The smallest absolute Gasteiger partial charge is 0.125 e. The third-order valence-electron chi connectivity index (χ3n) is 3.33. The lowest BCUT2D eigenvalue weighted by atomic mass is 10.0. The molecule has 0 aliphatic carbocycles. The fourth-order valence-corrected chi connectivity index (χ4v) is 2.96. The maximum absolute atomic E-state index is 10.1. The number of nitrogens with one attached hydrogen (secondary N) is 1. The number of rotatable bonds is 5. The molecule has 0 spiro atoms. The third-order valence-corrected chi connectivity index (χ3v) is 4.52. The van der Waals surface area contributed by atoms with E-state index in [1.807, 2.05) is 31.2 Å². The summed E-state index contributed by atoms with van der Waals surface area (Å²) in [6.45, 7) is 3.34. The Hall–Kier alpha value is -1.12. The van der Waals surface area contributed by atoms with Crippen LogP contribution in [0.25, 0.3) is 0 Å². The van der Waals surface area contributed by atoms with E-state index in [2.05, 4.69) is 10.5 Å². The van der Waals surface area contributed by atoms with Crippen molar-refractivity contribution in [1.29, 1.82) is 0 Å². The van der Waals surface area contributed by atoms with Crippen LogP contribution in [-0.2, 0) is 0 Å². The standard InChI is InChI=1S/C14H20N2O4S/c1-7-3-5-9(6-4-7)13-15-16-14(21-13)12(20)11(19)10(18)8(2)17/h3-6,8,10-12,14,16-20H,1-2H3/t8-,10-,11+,12+,14-/m0/s1. The van der Waals surface area contributed by atoms with Gasteiger partial charge in [0.25, 0.3) is 0 Å². The summed E-state index contributed by atoms with van der Waals surface area (Å²) >= 11 is 1.27. The monoisotopic (exact) mass is 312 g/mol. The van der Waals surface area contributed by atoms with E-state index < -0.39 is 29.8 Å². The first-order chi connectivity index (χ1) is 9.90. The van der Waals surface area contributed by atoms with E-state index >= 15 is 0 Å². The predicted molar refractivity (Wildman–Crippen MR) is 81.9 cm³/mol. The summed E-state index contributed by atoms with van der Waals surface area (Å²) in [5.74, 6) is 0. The highest BCUT2D eigenvalue weighted by atomic mass is 32.2. The van der Waals surface area contributed by atoms with Gasteiger partial charge in [-0.05, 0) is 13.8 Å². The molecule has 2 rings (SSSR count). The number of thioether (sulfide) groups is 1. The molecule has 0 radical (unpaired) electrons. The van der Waals surface area contributed by atoms with Gasteiger partial charge in [-0.3, -0.25) is 5.43 Å². The van der Waals surface area contributed by atoms with Gasteiger partial charge in [0, 0.05) is 5.56 Å². The topological polar surface area (TPSA) is 105 Å². The summed E-state index contributed by atoms with van der Waals surface area (Å²) in [5, 5.41) is 43.0. The first-order valence-electron chi connectivity index (χ1n) is 6.69. The quantitative estimate of drug-likeness (QED) is 0.515. The average molecular weight is 312 g/mol. The molecule has 0 bridgehead atoms. The lowest BCUT2D eigenvalue weighted by Gasteiger charge is -2.27. The minimum atomic E-state index is -1.46. The molecule has 116 valence electrons. The molecule has 21 heavy (non-hydrogen) atoms. The zero-order valence-electron chi connectivity index (χ0n) is 11.8. The average Bonchev–Trinajstić information content (AvgIpc) is 2.95. The molecular formula is C14H20N2O4S. The Morgan fingerprint density at radius 2 is 1.71 bits per heavy atom. The van der Waals surface area contributed by atoms with E-state index in [4.69, 9.17) is 0 Å². The zero-order valence-corrected chi connectivity index (χ0v) is 12.7. The number of nitrogens with zero attached hydrogens (tertiary/aromatic N) is 1. The van der Waals surface area contributed by atoms with Gasteiger partial charge in [0.1, 0.15) is 28.7 Å². The molecule has 0 saturated heterocycles. The molecule has 0 saturated carbocycles. The number of aliphatic hydroxyl groups excluding tert-OH is 4. The maximum atomic E-state index is 10.1. The van der Waals surface area contributed by atoms with Gasteiger partial charge in [-0.15, -0.1) is 0 Å². The highest BCUT2D eigenvalue weighted by Crippen LogP contribution is 2.27. The highest BCUT2D eigenvalue weighted by molar-refractivity contribution is 8.15. The fraction of sp³-hybridized carbons (Fsp3) is 0.500. The van der Waals surface area contributed by atoms with Crippen molar-refractivity contribution in [2.75, 3.05) is 0 Å². The van der Waals surface area contributed by atoms with Gasteiger partial charge in [-0.25, -0.2) is 0 Å². The summed E-state index contributed by atoms with van der Waals surface area (Å²) in [5.41, 5.74) is 4.80. The number of hydrogen-bond acceptors (Lipinski definition) is 7. The molecule has 1 aromatic carbocycles. The summed E-state index contributed by atoms with van der Waals surface area (Å²) in [6.07, 6.45) is -5.25. The first kappa shape index (κ1) is 16.3. The van der Waals surface area contributed by atoms with Crippen molar-refractivity contribution < 1.29 is 20.4 Å². The number of hydrazone groups is 1. The van der Waals surface area contributed by atoms with Crippen molar-refractivity contribution >= 4 is 16.8 Å². The zero-order chi connectivity index (χ0) is 15.6. The van der Waals surface area contributed by atoms with Gasteiger partial charge < -0.3 is 20.4 Å². The Kier molecular flexibility index (Phi) is 5.23. The predicted octanol–water partition coefficient (Wildman–Crippen LogP) is -0.217. The summed E-state index contributed by atoms with van der Waals surface area (Å²) in [7, 11) is 0. The Balaban J connectivity index is 1.99. The molecule has 0 fully saturated rings. The van der Waals surface area contributed by atoms with E-state index in [-0.39, 0.29) is 0 Å². The van der Waals surface area contributed by atoms with Crippen LogP contribution in [-0.4, -0.2) is 55.3 Å². The Morgan fingerprint density at radius 1 is 1.10 bits per heavy atom. The van der Waals surface area contributed by atoms with Gasteiger partial charge in [0.2, 0.25) is 0 Å². The normalized spacial score (nSPS) is 23.9. The van der Waals surface area contributed by atoms with E-state index in [0.717, 1.165) is 11.1 Å². The maximum Gasteiger partial charge on any atom is 0.125 e. The molecule has 0 aromatic heterocycles. The van der Waals surface area contributed by atoms with Crippen LogP contribution in [0.3, 0.4) is 0 Å². The van der Waals surface area contributed by atoms with Gasteiger partial charge in [-0.2, -0.15) is 5.10 Å². The van der Waals surface area contributed by atoms with Crippen molar-refractivity contribution in [1.82, 2.24) is 5.43 Å². The molecule has 6 nitrogen and oxygen atoms in total. The van der Waals surface area contributed by atoms with Gasteiger partial charge >= 0.3 is 0 Å². The Labute approximate surface area is 127 Å². The van der Waals surface area contributed by atoms with E-state index in [9.17, 15) is 20.4 Å². The van der Waals surface area contributed by atoms with E-state index in [0.29, 0.717) is 5.04 Å². The van der Waals surface area contributed by atoms with E-state index in [1.165, 1.54) is 18.7 Å². The van der Waals surface area contributed by atoms with Crippen molar-refractivity contribution in [2.45, 2.75) is 43.6 Å². The number of aryl methyl sites for hydroxylation is 1. The second kappa shape index (κ2) is 6.76. The number of hydrogen-bond donors (Lipinski definition) is 5. The summed E-state index contributed by atoms with van der Waals surface area (Å²) in [6, 6.07) is 7.79. The largest absolute Gasteiger partial charge is 0.391 e. The SMILES string of the molecule is Cc1ccc(C2=NN[C@H]([C@H](O)[C@H](O)[C@@H](O)[C@H](C)O)S2)cc1. The second-order valence-electron chi connectivity index (χ2n) is 5.16. The number of benzene rings is 1. The van der Waals surface area contributed by atoms with E-state index in [1.54, 1.807) is 0 Å². The van der Waals surface area contributed by atoms with Gasteiger partial charge in [0.05, 0.1) is 6.10 Å². The van der Waals surface area contributed by atoms with Crippen molar-refractivity contribution in [2.24, 2.45) is 5.10 Å². The molecule has 1 aliphatic rings. The highest BCUT2D eigenvalue weighted by Gasteiger charge is 2.36. The molecule has 0 amide bonds. The van der Waals surface area contributed by atoms with Crippen LogP contribution in [0.4, 0.5) is 0 Å². The second-order valence-corrected chi connectivity index (χ2v) is 6.29. The third kappa shape index (κ3) is 3.75. The molecular weight excluding hydrogens is 292 g/mol. The van der Waals surface area contributed by atoms with Crippen molar-refractivity contribution in [3.05, 3.63) is 35.4 Å². The molecule has 5 atom stereocenters. The molecule has 5 N–H and O–H groups in total. The minimum Gasteiger partial charge on any atom is -0.391 e. The van der Waals surface area contributed by atoms with Crippen LogP contribution in [0.15, 0.2) is 29.4 Å². The van der Waals surface area contributed by atoms with Crippen LogP contribution in [0.5, 0.6) is 0 Å². The van der Waals surface area contributed by atoms with Crippen LogP contribution in [0, 0.1) is 6.92 Å². The fourth-order valence-electron chi connectivity index (χ4n) is 1.94. The lowest BCUT2D eigenvalue weighted by Crippen LogP contribution is -2.49. The molecule has 1 aromatic rings. The first-order valence-corrected chi connectivity index (χ1v) is 7.57. The van der Waals surface area contributed by atoms with Crippen molar-refractivity contribution in [3.63, 3.8) is 0 Å². The molecule has 1 heterocycles. The Morgan fingerprint density at radius 3 is 2.29 bits per heavy atom. The Bertz CT molecular complexity index is 506. The lowest BCUT2D eigenvalue weighted by molar-refractivity contribution is -0.101. The molecule has 7 heteroatoms. The van der Waals surface area contributed by atoms with Gasteiger partial charge in [0.15, 0.2) is 0 Å². The van der Waals surface area contributed by atoms with Crippen molar-refractivity contribution in [3.8, 4) is 0 Å². The van der Waals surface area contributed by atoms with Crippen LogP contribution in [0.1, 0.15) is 18.1 Å². The summed E-state index contributed by atoms with van der Waals surface area (Å²) in [4.78, 5) is 0. The van der Waals surface area contributed by atoms with Crippen LogP contribution < -0.4 is 5.43 Å². The summed E-state index contributed by atoms with van der Waals surface area (Å²) < 4.78 is 0. The van der Waals surface area contributed by atoms with Crippen LogP contribution in [0.2, 0.25) is 0 Å².